The van der Waals surface area contributed by atoms with Crippen LogP contribution in [0.3, 0.4) is 0 Å². The van der Waals surface area contributed by atoms with Gasteiger partial charge in [-0.2, -0.15) is 0 Å². The van der Waals surface area contributed by atoms with Crippen molar-refractivity contribution in [1.29, 1.82) is 0 Å². The first-order valence-corrected chi connectivity index (χ1v) is 7.19. The molecule has 0 aromatic carbocycles. The molecule has 0 bridgehead atoms. The minimum Gasteiger partial charge on any atom is -0.377 e. The van der Waals surface area contributed by atoms with Gasteiger partial charge in [-0.3, -0.25) is 4.99 Å². The highest BCUT2D eigenvalue weighted by Crippen LogP contribution is 2.33. The molecule has 0 aromatic heterocycles. The van der Waals surface area contributed by atoms with Gasteiger partial charge in [-0.1, -0.05) is 20.8 Å². The van der Waals surface area contributed by atoms with Gasteiger partial charge in [-0.05, 0) is 18.3 Å². The van der Waals surface area contributed by atoms with Gasteiger partial charge in [0.05, 0.1) is 12.6 Å². The normalized spacial score (nSPS) is 23.7. The third-order valence-electron chi connectivity index (χ3n) is 3.48. The van der Waals surface area contributed by atoms with E-state index in [4.69, 9.17) is 4.74 Å². The van der Waals surface area contributed by atoms with Crippen molar-refractivity contribution in [3.8, 4) is 0 Å². The van der Waals surface area contributed by atoms with E-state index >= 15 is 0 Å². The molecule has 0 amide bonds. The van der Waals surface area contributed by atoms with E-state index < -0.39 is 6.43 Å². The van der Waals surface area contributed by atoms with Crippen LogP contribution in [-0.4, -0.2) is 45.2 Å². The van der Waals surface area contributed by atoms with Crippen molar-refractivity contribution in [2.24, 2.45) is 16.3 Å². The van der Waals surface area contributed by atoms with Gasteiger partial charge in [0.1, 0.15) is 0 Å². The minimum absolute atomic E-state index is 0. The largest absolute Gasteiger partial charge is 0.377 e. The molecule has 0 saturated carbocycles. The Labute approximate surface area is 143 Å². The monoisotopic (exact) mass is 419 g/mol. The lowest BCUT2D eigenvalue weighted by Gasteiger charge is -2.40. The average molecular weight is 419 g/mol. The summed E-state index contributed by atoms with van der Waals surface area (Å²) < 4.78 is 30.3. The molecule has 0 spiro atoms. The predicted molar refractivity (Wildman–Crippen MR) is 92.7 cm³/mol. The summed E-state index contributed by atoms with van der Waals surface area (Å²) in [5.74, 6) is 0.789. The zero-order chi connectivity index (χ0) is 15.2. The van der Waals surface area contributed by atoms with E-state index in [9.17, 15) is 8.78 Å². The van der Waals surface area contributed by atoms with Crippen LogP contribution in [0.2, 0.25) is 0 Å². The van der Waals surface area contributed by atoms with Crippen LogP contribution >= 0.6 is 24.0 Å². The maximum atomic E-state index is 12.2. The summed E-state index contributed by atoms with van der Waals surface area (Å²) in [7, 11) is 1.58. The lowest BCUT2D eigenvalue weighted by atomic mass is 9.78. The number of rotatable bonds is 4. The highest BCUT2D eigenvalue weighted by molar-refractivity contribution is 14.0. The van der Waals surface area contributed by atoms with Gasteiger partial charge in [-0.25, -0.2) is 8.78 Å². The van der Waals surface area contributed by atoms with Crippen molar-refractivity contribution in [1.82, 2.24) is 10.6 Å². The van der Waals surface area contributed by atoms with E-state index in [-0.39, 0.29) is 42.0 Å². The number of ether oxygens (including phenoxy) is 1. The molecule has 0 radical (unpaired) electrons. The first-order chi connectivity index (χ1) is 9.34. The topological polar surface area (TPSA) is 45.7 Å². The van der Waals surface area contributed by atoms with Crippen molar-refractivity contribution in [2.45, 2.75) is 46.1 Å². The highest BCUT2D eigenvalue weighted by atomic mass is 127. The van der Waals surface area contributed by atoms with Crippen molar-refractivity contribution in [3.63, 3.8) is 0 Å². The first kappa shape index (κ1) is 20.8. The van der Waals surface area contributed by atoms with E-state index in [1.165, 1.54) is 0 Å². The molecule has 21 heavy (non-hydrogen) atoms. The smallest absolute Gasteiger partial charge is 0.255 e. The number of aliphatic imine (C=N–C) groups is 1. The van der Waals surface area contributed by atoms with Crippen molar-refractivity contribution < 1.29 is 13.5 Å². The second kappa shape index (κ2) is 9.76. The van der Waals surface area contributed by atoms with Gasteiger partial charge in [-0.15, -0.1) is 24.0 Å². The summed E-state index contributed by atoms with van der Waals surface area (Å²) in [5.41, 5.74) is 0.0761. The number of nitrogens with zero attached hydrogens (tertiary/aromatic N) is 1. The molecular formula is C14H28F2IN3O. The van der Waals surface area contributed by atoms with Gasteiger partial charge in [0.25, 0.3) is 6.43 Å². The molecule has 4 nitrogen and oxygen atoms in total. The summed E-state index contributed by atoms with van der Waals surface area (Å²) in [6.45, 7) is 7.60. The molecule has 1 saturated heterocycles. The van der Waals surface area contributed by atoms with Crippen LogP contribution in [0.15, 0.2) is 4.99 Å². The van der Waals surface area contributed by atoms with E-state index in [1.54, 1.807) is 7.05 Å². The Balaban J connectivity index is 0.00000400. The molecule has 1 aliphatic heterocycles. The molecule has 2 N–H and O–H groups in total. The van der Waals surface area contributed by atoms with Crippen molar-refractivity contribution >= 4 is 29.9 Å². The van der Waals surface area contributed by atoms with E-state index in [1.807, 2.05) is 0 Å². The third-order valence-corrected chi connectivity index (χ3v) is 3.48. The fourth-order valence-corrected chi connectivity index (χ4v) is 2.63. The predicted octanol–water partition coefficient (Wildman–Crippen LogP) is 2.88. The summed E-state index contributed by atoms with van der Waals surface area (Å²) in [4.78, 5) is 3.95. The maximum absolute atomic E-state index is 12.2. The number of hydrogen-bond donors (Lipinski definition) is 2. The molecule has 126 valence electrons. The molecule has 1 aliphatic rings. The summed E-state index contributed by atoms with van der Waals surface area (Å²) >= 11 is 0. The second-order valence-corrected chi connectivity index (χ2v) is 6.28. The molecule has 0 aliphatic carbocycles. The molecular weight excluding hydrogens is 391 g/mol. The quantitative estimate of drug-likeness (QED) is 0.419. The average Bonchev–Trinajstić information content (AvgIpc) is 2.38. The van der Waals surface area contributed by atoms with Crippen molar-refractivity contribution in [3.05, 3.63) is 0 Å². The minimum atomic E-state index is -2.38. The number of halogens is 3. The second-order valence-electron chi connectivity index (χ2n) is 6.28. The zero-order valence-corrected chi connectivity index (χ0v) is 15.6. The fraction of sp³-hybridized carbons (Fsp3) is 0.929. The molecule has 1 rings (SSSR count). The zero-order valence-electron chi connectivity index (χ0n) is 13.3. The fourth-order valence-electron chi connectivity index (χ4n) is 2.63. The molecule has 2 unspecified atom stereocenters. The third kappa shape index (κ3) is 7.58. The van der Waals surface area contributed by atoms with Gasteiger partial charge >= 0.3 is 0 Å². The number of alkyl halides is 2. The number of hydrogen-bond acceptors (Lipinski definition) is 2. The Morgan fingerprint density at radius 2 is 2.00 bits per heavy atom. The van der Waals surface area contributed by atoms with Gasteiger partial charge in [0.2, 0.25) is 0 Å². The van der Waals surface area contributed by atoms with Crippen LogP contribution in [0, 0.1) is 11.3 Å². The Morgan fingerprint density at radius 1 is 1.33 bits per heavy atom. The van der Waals surface area contributed by atoms with E-state index in [0.29, 0.717) is 18.4 Å². The highest BCUT2D eigenvalue weighted by Gasteiger charge is 2.35. The van der Waals surface area contributed by atoms with Crippen LogP contribution < -0.4 is 10.6 Å². The summed E-state index contributed by atoms with van der Waals surface area (Å²) in [6, 6.07) is 0. The maximum Gasteiger partial charge on any atom is 0.255 e. The van der Waals surface area contributed by atoms with Crippen LogP contribution in [0.5, 0.6) is 0 Å². The molecule has 0 aromatic rings. The number of guanidine groups is 1. The molecule has 1 fully saturated rings. The molecule has 7 heteroatoms. The Kier molecular flexibility index (Phi) is 9.68. The van der Waals surface area contributed by atoms with E-state index in [2.05, 4.69) is 36.4 Å². The first-order valence-electron chi connectivity index (χ1n) is 7.19. The Morgan fingerprint density at radius 3 is 2.52 bits per heavy atom. The summed E-state index contributed by atoms with van der Waals surface area (Å²) in [6.07, 6.45) is -0.0752. The van der Waals surface area contributed by atoms with Crippen molar-refractivity contribution in [2.75, 3.05) is 26.7 Å². The van der Waals surface area contributed by atoms with E-state index in [0.717, 1.165) is 19.4 Å². The lowest BCUT2D eigenvalue weighted by Crippen LogP contribution is -2.48. The lowest BCUT2D eigenvalue weighted by molar-refractivity contribution is -0.0835. The van der Waals surface area contributed by atoms with Gasteiger partial charge in [0.15, 0.2) is 5.96 Å². The van der Waals surface area contributed by atoms with Gasteiger partial charge < -0.3 is 15.4 Å². The van der Waals surface area contributed by atoms with Crippen LogP contribution in [0.1, 0.15) is 33.6 Å². The number of nitrogens with one attached hydrogen (secondary N) is 2. The van der Waals surface area contributed by atoms with Crippen LogP contribution in [0.4, 0.5) is 8.78 Å². The SMILES string of the molecule is CN=C(NCC(F)F)NCC1CCCOC1C(C)(C)C.I. The standard InChI is InChI=1S/C14H27F2N3O.HI/c1-14(2,3)12-10(6-5-7-20-12)8-18-13(17-4)19-9-11(15)16;/h10-12H,5-9H2,1-4H3,(H2,17,18,19);1H. The van der Waals surface area contributed by atoms with Crippen LogP contribution in [0.25, 0.3) is 0 Å². The molecule has 2 atom stereocenters. The Hall–Kier alpha value is -0.180. The summed E-state index contributed by atoms with van der Waals surface area (Å²) in [5, 5.41) is 5.73. The Bertz CT molecular complexity index is 322. The van der Waals surface area contributed by atoms with Gasteiger partial charge in [0, 0.05) is 26.1 Å². The van der Waals surface area contributed by atoms with Crippen LogP contribution in [-0.2, 0) is 4.74 Å². The molecule has 1 heterocycles.